The molecule has 1 saturated heterocycles. The van der Waals surface area contributed by atoms with Gasteiger partial charge in [0.05, 0.1) is 5.92 Å². The van der Waals surface area contributed by atoms with Gasteiger partial charge in [-0.1, -0.05) is 0 Å². The van der Waals surface area contributed by atoms with Crippen LogP contribution in [-0.4, -0.2) is 34.5 Å². The van der Waals surface area contributed by atoms with E-state index >= 15 is 0 Å². The Morgan fingerprint density at radius 2 is 1.94 bits per heavy atom. The highest BCUT2D eigenvalue weighted by Gasteiger charge is 2.34. The van der Waals surface area contributed by atoms with Crippen molar-refractivity contribution in [3.63, 3.8) is 0 Å². The van der Waals surface area contributed by atoms with Crippen LogP contribution in [0.5, 0.6) is 0 Å². The lowest BCUT2D eigenvalue weighted by Gasteiger charge is -2.15. The van der Waals surface area contributed by atoms with E-state index in [9.17, 15) is 9.59 Å². The number of nitrogens with one attached hydrogen (secondary N) is 1. The molecule has 90 valence electrons. The van der Waals surface area contributed by atoms with E-state index in [1.807, 2.05) is 11.8 Å². The maximum atomic E-state index is 11.9. The summed E-state index contributed by atoms with van der Waals surface area (Å²) in [6.07, 6.45) is 2.93. The van der Waals surface area contributed by atoms with Gasteiger partial charge >= 0.3 is 5.97 Å². The maximum absolute atomic E-state index is 11.9. The fourth-order valence-electron chi connectivity index (χ4n) is 2.41. The summed E-state index contributed by atoms with van der Waals surface area (Å²) >= 11 is 1.86. The van der Waals surface area contributed by atoms with Gasteiger partial charge in [-0.2, -0.15) is 11.8 Å². The Kier molecular flexibility index (Phi) is 3.74. The first-order chi connectivity index (χ1) is 7.66. The summed E-state index contributed by atoms with van der Waals surface area (Å²) in [5, 5.41) is 11.9. The van der Waals surface area contributed by atoms with Crippen LogP contribution in [0.15, 0.2) is 0 Å². The van der Waals surface area contributed by atoms with E-state index in [0.29, 0.717) is 18.9 Å². The monoisotopic (exact) mass is 243 g/mol. The molecular formula is C11H17NO3S. The molecule has 1 saturated carbocycles. The summed E-state index contributed by atoms with van der Waals surface area (Å²) in [5.74, 6) is 1.04. The molecule has 0 radical (unpaired) electrons. The minimum atomic E-state index is -0.758. The van der Waals surface area contributed by atoms with Crippen molar-refractivity contribution in [1.29, 1.82) is 0 Å². The van der Waals surface area contributed by atoms with Crippen molar-refractivity contribution in [2.75, 3.05) is 11.5 Å². The molecule has 1 unspecified atom stereocenters. The average Bonchev–Trinajstić information content (AvgIpc) is 2.86. The predicted octanol–water partition coefficient (Wildman–Crippen LogP) is 1.11. The van der Waals surface area contributed by atoms with Crippen molar-refractivity contribution in [3.05, 3.63) is 0 Å². The standard InChI is InChI=1S/C11H17NO3S/c13-10(12-9-3-4-16-6-9)7-1-2-8(5-7)11(14)15/h7-9H,1-6H2,(H,12,13)(H,14,15)/t7-,8+,9?/m0/s1. The molecule has 0 aromatic rings. The molecule has 0 spiro atoms. The number of rotatable bonds is 3. The number of hydrogen-bond acceptors (Lipinski definition) is 3. The second-order valence-electron chi connectivity index (χ2n) is 4.61. The van der Waals surface area contributed by atoms with Gasteiger partial charge in [-0.25, -0.2) is 0 Å². The summed E-state index contributed by atoms with van der Waals surface area (Å²) in [6.45, 7) is 0. The van der Waals surface area contributed by atoms with Gasteiger partial charge < -0.3 is 10.4 Å². The zero-order valence-corrected chi connectivity index (χ0v) is 9.96. The van der Waals surface area contributed by atoms with Gasteiger partial charge in [-0.05, 0) is 31.4 Å². The number of amides is 1. The lowest BCUT2D eigenvalue weighted by molar-refractivity contribution is -0.141. The molecule has 0 aromatic heterocycles. The molecular weight excluding hydrogens is 226 g/mol. The second-order valence-corrected chi connectivity index (χ2v) is 5.76. The Balaban J connectivity index is 1.79. The predicted molar refractivity (Wildman–Crippen MR) is 62.3 cm³/mol. The van der Waals surface area contributed by atoms with Gasteiger partial charge in [-0.15, -0.1) is 0 Å². The smallest absolute Gasteiger partial charge is 0.306 e. The number of carboxylic acid groups (broad SMARTS) is 1. The lowest BCUT2D eigenvalue weighted by Crippen LogP contribution is -2.38. The normalized spacial score (nSPS) is 33.9. The van der Waals surface area contributed by atoms with Gasteiger partial charge in [0.15, 0.2) is 0 Å². The van der Waals surface area contributed by atoms with Crippen LogP contribution < -0.4 is 5.32 Å². The highest BCUT2D eigenvalue weighted by molar-refractivity contribution is 7.99. The van der Waals surface area contributed by atoms with Crippen molar-refractivity contribution >= 4 is 23.6 Å². The topological polar surface area (TPSA) is 66.4 Å². The summed E-state index contributed by atoms with van der Waals surface area (Å²) < 4.78 is 0. The fourth-order valence-corrected chi connectivity index (χ4v) is 3.56. The average molecular weight is 243 g/mol. The van der Waals surface area contributed by atoms with E-state index in [-0.39, 0.29) is 17.7 Å². The Bertz CT molecular complexity index is 289. The fraction of sp³-hybridized carbons (Fsp3) is 0.818. The van der Waals surface area contributed by atoms with Gasteiger partial charge in [0.25, 0.3) is 0 Å². The third-order valence-corrected chi connectivity index (χ3v) is 4.59. The Morgan fingerprint density at radius 1 is 1.19 bits per heavy atom. The van der Waals surface area contributed by atoms with Crippen molar-refractivity contribution in [2.45, 2.75) is 31.7 Å². The summed E-state index contributed by atoms with van der Waals surface area (Å²) in [6, 6.07) is 0.307. The first kappa shape index (κ1) is 11.8. The Labute approximate surface area is 99.2 Å². The number of carbonyl (C=O) groups is 2. The van der Waals surface area contributed by atoms with Gasteiger partial charge in [0.1, 0.15) is 0 Å². The number of hydrogen-bond donors (Lipinski definition) is 2. The van der Waals surface area contributed by atoms with Gasteiger partial charge in [-0.3, -0.25) is 9.59 Å². The van der Waals surface area contributed by atoms with Crippen molar-refractivity contribution in [2.24, 2.45) is 11.8 Å². The molecule has 16 heavy (non-hydrogen) atoms. The molecule has 5 heteroatoms. The molecule has 2 fully saturated rings. The largest absolute Gasteiger partial charge is 0.481 e. The maximum Gasteiger partial charge on any atom is 0.306 e. The van der Waals surface area contributed by atoms with Crippen LogP contribution in [0.25, 0.3) is 0 Å². The minimum Gasteiger partial charge on any atom is -0.481 e. The summed E-state index contributed by atoms with van der Waals surface area (Å²) in [7, 11) is 0. The molecule has 1 amide bonds. The molecule has 0 bridgehead atoms. The quantitative estimate of drug-likeness (QED) is 0.779. The van der Waals surface area contributed by atoms with Crippen LogP contribution in [0.3, 0.4) is 0 Å². The van der Waals surface area contributed by atoms with Crippen LogP contribution in [-0.2, 0) is 9.59 Å². The van der Waals surface area contributed by atoms with Gasteiger partial charge in [0.2, 0.25) is 5.91 Å². The van der Waals surface area contributed by atoms with Crippen molar-refractivity contribution < 1.29 is 14.7 Å². The SMILES string of the molecule is O=C(O)[C@@H]1CC[C@H](C(=O)NC2CCSC2)C1. The number of carbonyl (C=O) groups excluding carboxylic acids is 1. The second kappa shape index (κ2) is 5.08. The number of aliphatic carboxylic acids is 1. The van der Waals surface area contributed by atoms with Crippen LogP contribution >= 0.6 is 11.8 Å². The number of thioether (sulfide) groups is 1. The molecule has 2 rings (SSSR count). The van der Waals surface area contributed by atoms with Crippen molar-refractivity contribution in [1.82, 2.24) is 5.32 Å². The summed E-state index contributed by atoms with van der Waals surface area (Å²) in [4.78, 5) is 22.6. The molecule has 3 atom stereocenters. The third-order valence-electron chi connectivity index (χ3n) is 3.43. The van der Waals surface area contributed by atoms with Crippen molar-refractivity contribution in [3.8, 4) is 0 Å². The van der Waals surface area contributed by atoms with E-state index in [1.165, 1.54) is 0 Å². The van der Waals surface area contributed by atoms with Crippen LogP contribution in [0.4, 0.5) is 0 Å². The zero-order chi connectivity index (χ0) is 11.5. The molecule has 1 aliphatic heterocycles. The highest BCUT2D eigenvalue weighted by atomic mass is 32.2. The van der Waals surface area contributed by atoms with Crippen LogP contribution in [0.2, 0.25) is 0 Å². The highest BCUT2D eigenvalue weighted by Crippen LogP contribution is 2.31. The Morgan fingerprint density at radius 3 is 2.50 bits per heavy atom. The van der Waals surface area contributed by atoms with E-state index in [2.05, 4.69) is 5.32 Å². The molecule has 0 aromatic carbocycles. The Hall–Kier alpha value is -0.710. The minimum absolute atomic E-state index is 0.0660. The zero-order valence-electron chi connectivity index (χ0n) is 9.15. The van der Waals surface area contributed by atoms with E-state index < -0.39 is 5.97 Å². The molecule has 4 nitrogen and oxygen atoms in total. The van der Waals surface area contributed by atoms with Gasteiger partial charge in [0, 0.05) is 17.7 Å². The first-order valence-corrected chi connectivity index (χ1v) is 6.93. The summed E-state index contributed by atoms with van der Waals surface area (Å²) in [5.41, 5.74) is 0. The molecule has 1 aliphatic carbocycles. The van der Waals surface area contributed by atoms with Crippen LogP contribution in [0.1, 0.15) is 25.7 Å². The molecule has 2 aliphatic rings. The molecule has 1 heterocycles. The van der Waals surface area contributed by atoms with E-state index in [1.54, 1.807) is 0 Å². The van der Waals surface area contributed by atoms with E-state index in [0.717, 1.165) is 24.3 Å². The first-order valence-electron chi connectivity index (χ1n) is 5.77. The molecule has 2 N–H and O–H groups in total. The third kappa shape index (κ3) is 2.70. The lowest BCUT2D eigenvalue weighted by atomic mass is 10.0. The van der Waals surface area contributed by atoms with E-state index in [4.69, 9.17) is 5.11 Å². The number of carboxylic acids is 1. The van der Waals surface area contributed by atoms with Crippen LogP contribution in [0, 0.1) is 11.8 Å².